The van der Waals surface area contributed by atoms with Gasteiger partial charge in [0.25, 0.3) is 5.56 Å². The molecule has 3 heterocycles. The van der Waals surface area contributed by atoms with Crippen LogP contribution in [0, 0.1) is 5.82 Å². The van der Waals surface area contributed by atoms with Crippen LogP contribution in [0.3, 0.4) is 0 Å². The first kappa shape index (κ1) is 19.8. The zero-order valence-corrected chi connectivity index (χ0v) is 16.5. The van der Waals surface area contributed by atoms with Crippen molar-refractivity contribution in [2.45, 2.75) is 18.8 Å². The van der Waals surface area contributed by atoms with Crippen LogP contribution < -0.4 is 10.3 Å². The number of rotatable bonds is 5. The van der Waals surface area contributed by atoms with Crippen LogP contribution in [0.5, 0.6) is 5.88 Å². The first-order valence-corrected chi connectivity index (χ1v) is 9.66. The van der Waals surface area contributed by atoms with Gasteiger partial charge in [-0.05, 0) is 36.2 Å². The first-order chi connectivity index (χ1) is 14.5. The Morgan fingerprint density at radius 1 is 1.30 bits per heavy atom. The quantitative estimate of drug-likeness (QED) is 0.701. The van der Waals surface area contributed by atoms with E-state index in [-0.39, 0.29) is 29.6 Å². The summed E-state index contributed by atoms with van der Waals surface area (Å²) in [5.74, 6) is 0.506. The molecule has 1 fully saturated rings. The van der Waals surface area contributed by atoms with Crippen molar-refractivity contribution in [1.82, 2.24) is 19.9 Å². The van der Waals surface area contributed by atoms with Crippen LogP contribution in [0.4, 0.5) is 4.39 Å². The van der Waals surface area contributed by atoms with Crippen LogP contribution in [0.25, 0.3) is 11.3 Å². The lowest BCUT2D eigenvalue weighted by Gasteiger charge is -2.17. The number of benzene rings is 1. The van der Waals surface area contributed by atoms with Crippen LogP contribution in [-0.4, -0.2) is 46.0 Å². The van der Waals surface area contributed by atoms with Crippen molar-refractivity contribution in [3.05, 3.63) is 76.2 Å². The first-order valence-electron chi connectivity index (χ1n) is 9.66. The molecule has 0 bridgehead atoms. The highest BCUT2D eigenvalue weighted by molar-refractivity contribution is 5.79. The van der Waals surface area contributed by atoms with E-state index in [0.717, 1.165) is 5.56 Å². The van der Waals surface area contributed by atoms with Crippen molar-refractivity contribution < 1.29 is 13.9 Å². The van der Waals surface area contributed by atoms with Gasteiger partial charge in [-0.1, -0.05) is 12.1 Å². The fraction of sp³-hybridized carbons (Fsp3) is 0.273. The summed E-state index contributed by atoms with van der Waals surface area (Å²) in [6, 6.07) is 10.9. The zero-order chi connectivity index (χ0) is 21.1. The van der Waals surface area contributed by atoms with Crippen molar-refractivity contribution in [3.8, 4) is 17.1 Å². The summed E-state index contributed by atoms with van der Waals surface area (Å²) in [7, 11) is 1.52. The molecule has 154 valence electrons. The monoisotopic (exact) mass is 408 g/mol. The number of carbonyl (C=O) groups is 1. The van der Waals surface area contributed by atoms with Crippen LogP contribution in [0.15, 0.2) is 53.5 Å². The number of halogens is 1. The van der Waals surface area contributed by atoms with Gasteiger partial charge in [0, 0.05) is 31.3 Å². The summed E-state index contributed by atoms with van der Waals surface area (Å²) in [6.45, 7) is 1.05. The Kier molecular flexibility index (Phi) is 5.56. The second kappa shape index (κ2) is 8.44. The molecule has 1 aromatic carbocycles. The fourth-order valence-electron chi connectivity index (χ4n) is 3.65. The molecule has 8 heteroatoms. The number of pyridine rings is 1. The number of carbonyl (C=O) groups excluding carboxylic acids is 1. The van der Waals surface area contributed by atoms with E-state index in [2.05, 4.69) is 15.0 Å². The van der Waals surface area contributed by atoms with Gasteiger partial charge >= 0.3 is 0 Å². The van der Waals surface area contributed by atoms with Gasteiger partial charge in [0.2, 0.25) is 11.8 Å². The maximum atomic E-state index is 13.1. The molecule has 7 nitrogen and oxygen atoms in total. The molecule has 0 aliphatic carbocycles. The Bertz CT molecular complexity index is 1110. The number of nitrogens with one attached hydrogen (secondary N) is 1. The van der Waals surface area contributed by atoms with E-state index in [0.29, 0.717) is 42.5 Å². The van der Waals surface area contributed by atoms with E-state index in [9.17, 15) is 14.0 Å². The normalized spacial score (nSPS) is 15.9. The number of aromatic nitrogens is 3. The largest absolute Gasteiger partial charge is 0.481 e. The zero-order valence-electron chi connectivity index (χ0n) is 16.5. The highest BCUT2D eigenvalue weighted by atomic mass is 19.1. The van der Waals surface area contributed by atoms with Crippen molar-refractivity contribution in [3.63, 3.8) is 0 Å². The molecule has 0 spiro atoms. The summed E-state index contributed by atoms with van der Waals surface area (Å²) in [4.78, 5) is 38.2. The van der Waals surface area contributed by atoms with E-state index < -0.39 is 0 Å². The van der Waals surface area contributed by atoms with E-state index in [1.807, 2.05) is 0 Å². The smallest absolute Gasteiger partial charge is 0.251 e. The number of aromatic amines is 1. The number of nitrogens with zero attached hydrogens (tertiary/aromatic N) is 3. The fourth-order valence-corrected chi connectivity index (χ4v) is 3.65. The maximum absolute atomic E-state index is 13.1. The van der Waals surface area contributed by atoms with Gasteiger partial charge < -0.3 is 14.6 Å². The highest BCUT2D eigenvalue weighted by Crippen LogP contribution is 2.29. The molecule has 30 heavy (non-hydrogen) atoms. The minimum absolute atomic E-state index is 0.0310. The molecule has 1 aliphatic rings. The van der Waals surface area contributed by atoms with Crippen LogP contribution >= 0.6 is 0 Å². The van der Waals surface area contributed by atoms with Gasteiger partial charge in [-0.2, -0.15) is 0 Å². The minimum atomic E-state index is -0.326. The topological polar surface area (TPSA) is 88.2 Å². The Hall–Kier alpha value is -3.55. The number of hydrogen-bond donors (Lipinski definition) is 1. The van der Waals surface area contributed by atoms with Gasteiger partial charge in [-0.25, -0.2) is 14.4 Å². The molecule has 4 rings (SSSR count). The maximum Gasteiger partial charge on any atom is 0.251 e. The number of methoxy groups -OCH3 is 1. The lowest BCUT2D eigenvalue weighted by molar-refractivity contribution is -0.129. The lowest BCUT2D eigenvalue weighted by atomic mass is 10.1. The molecule has 0 saturated carbocycles. The molecule has 1 N–H and O–H groups in total. The SMILES string of the molecule is COc1ncccc1-c1cc(=O)[nH]c([C@@H]2CCN(C(=O)Cc3ccc(F)cc3)C2)n1. The predicted octanol–water partition coefficient (Wildman–Crippen LogP) is 2.54. The minimum Gasteiger partial charge on any atom is -0.481 e. The Labute approximate surface area is 172 Å². The molecular formula is C22H21FN4O3. The van der Waals surface area contributed by atoms with Gasteiger partial charge in [0.05, 0.1) is 24.8 Å². The Morgan fingerprint density at radius 3 is 2.87 bits per heavy atom. The summed E-state index contributed by atoms with van der Waals surface area (Å²) < 4.78 is 18.3. The van der Waals surface area contributed by atoms with Crippen molar-refractivity contribution in [1.29, 1.82) is 0 Å². The average molecular weight is 408 g/mol. The van der Waals surface area contributed by atoms with E-state index in [1.54, 1.807) is 35.4 Å². The van der Waals surface area contributed by atoms with E-state index >= 15 is 0 Å². The lowest BCUT2D eigenvalue weighted by Crippen LogP contribution is -2.30. The van der Waals surface area contributed by atoms with E-state index in [4.69, 9.17) is 4.74 Å². The summed E-state index contributed by atoms with van der Waals surface area (Å²) >= 11 is 0. The predicted molar refractivity (Wildman–Crippen MR) is 109 cm³/mol. The average Bonchev–Trinajstić information content (AvgIpc) is 3.25. The summed E-state index contributed by atoms with van der Waals surface area (Å²) in [5, 5.41) is 0. The molecule has 3 aromatic rings. The Balaban J connectivity index is 1.51. The number of H-pyrrole nitrogens is 1. The molecule has 1 aliphatic heterocycles. The molecule has 2 aromatic heterocycles. The molecule has 0 radical (unpaired) electrons. The van der Waals surface area contributed by atoms with Crippen molar-refractivity contribution >= 4 is 5.91 Å². The van der Waals surface area contributed by atoms with Crippen molar-refractivity contribution in [2.24, 2.45) is 0 Å². The molecule has 0 unspecified atom stereocenters. The summed E-state index contributed by atoms with van der Waals surface area (Å²) in [6.07, 6.45) is 2.52. The third kappa shape index (κ3) is 4.22. The van der Waals surface area contributed by atoms with Gasteiger partial charge in [-0.15, -0.1) is 0 Å². The molecule has 1 saturated heterocycles. The van der Waals surface area contributed by atoms with Crippen LogP contribution in [-0.2, 0) is 11.2 Å². The number of ether oxygens (including phenoxy) is 1. The Morgan fingerprint density at radius 2 is 2.10 bits per heavy atom. The van der Waals surface area contributed by atoms with Gasteiger partial charge in [0.15, 0.2) is 0 Å². The second-order valence-corrected chi connectivity index (χ2v) is 7.20. The van der Waals surface area contributed by atoms with Crippen LogP contribution in [0.2, 0.25) is 0 Å². The van der Waals surface area contributed by atoms with E-state index in [1.165, 1.54) is 25.3 Å². The summed E-state index contributed by atoms with van der Waals surface area (Å²) in [5.41, 5.74) is 1.61. The number of amides is 1. The molecule has 1 atom stereocenters. The van der Waals surface area contributed by atoms with Crippen LogP contribution in [0.1, 0.15) is 23.7 Å². The standard InChI is InChI=1S/C22H21FN4O3/c1-30-22-17(3-2-9-24-22)18-12-19(28)26-21(25-18)15-8-10-27(13-15)20(29)11-14-4-6-16(23)7-5-14/h2-7,9,12,15H,8,10-11,13H2,1H3,(H,25,26,28)/t15-/m1/s1. The van der Waals surface area contributed by atoms with Crippen molar-refractivity contribution in [2.75, 3.05) is 20.2 Å². The second-order valence-electron chi connectivity index (χ2n) is 7.20. The third-order valence-electron chi connectivity index (χ3n) is 5.20. The molecule has 1 amide bonds. The third-order valence-corrected chi connectivity index (χ3v) is 5.20. The number of likely N-dealkylation sites (tertiary alicyclic amines) is 1. The van der Waals surface area contributed by atoms with Gasteiger partial charge in [0.1, 0.15) is 11.6 Å². The highest BCUT2D eigenvalue weighted by Gasteiger charge is 2.29. The number of hydrogen-bond acceptors (Lipinski definition) is 5. The molecular weight excluding hydrogens is 387 g/mol. The van der Waals surface area contributed by atoms with Gasteiger partial charge in [-0.3, -0.25) is 9.59 Å².